The van der Waals surface area contributed by atoms with Crippen LogP contribution in [0.15, 0.2) is 152 Å². The van der Waals surface area contributed by atoms with Gasteiger partial charge in [0.15, 0.2) is 0 Å². The number of unbranched alkanes of at least 4 members (excludes halogenated alkanes) is 1. The highest BCUT2D eigenvalue weighted by Crippen LogP contribution is 2.61. The predicted molar refractivity (Wildman–Crippen MR) is 281 cm³/mol. The highest BCUT2D eigenvalue weighted by atomic mass is 16.2. The minimum Gasteiger partial charge on any atom is -0.336 e. The van der Waals surface area contributed by atoms with Gasteiger partial charge in [0.25, 0.3) is 0 Å². The van der Waals surface area contributed by atoms with E-state index in [0.717, 1.165) is 29.7 Å². The van der Waals surface area contributed by atoms with Gasteiger partial charge in [-0.15, -0.1) is 0 Å². The van der Waals surface area contributed by atoms with Crippen LogP contribution in [0.3, 0.4) is 0 Å². The van der Waals surface area contributed by atoms with Crippen LogP contribution in [-0.2, 0) is 6.42 Å². The molecule has 4 aliphatic carbocycles. The lowest BCUT2D eigenvalue weighted by atomic mass is 9.49. The minimum absolute atomic E-state index is 0.0153. The number of anilines is 4. The van der Waals surface area contributed by atoms with Gasteiger partial charge in [-0.25, -0.2) is 24.0 Å². The molecule has 9 rings (SSSR count). The quantitative estimate of drug-likeness (QED) is 0.0426. The molecule has 4 aliphatic rings. The normalized spacial score (nSPS) is 19.3. The zero-order chi connectivity index (χ0) is 49.4. The van der Waals surface area contributed by atoms with Crippen LogP contribution in [-0.4, -0.2) is 90.2 Å². The summed E-state index contributed by atoms with van der Waals surface area (Å²) in [6.07, 6.45) is 10.5. The largest absolute Gasteiger partial charge is 0.336 e. The third-order valence-corrected chi connectivity index (χ3v) is 14.6. The summed E-state index contributed by atoms with van der Waals surface area (Å²) in [7, 11) is 1.74. The van der Waals surface area contributed by atoms with Gasteiger partial charge in [-0.05, 0) is 148 Å². The van der Waals surface area contributed by atoms with Crippen LogP contribution < -0.4 is 31.9 Å². The van der Waals surface area contributed by atoms with Crippen molar-refractivity contribution in [3.63, 3.8) is 0 Å². The first-order valence-corrected chi connectivity index (χ1v) is 25.3. The molecule has 372 valence electrons. The highest BCUT2D eigenvalue weighted by molar-refractivity contribution is 6.00. The molecule has 4 saturated carbocycles. The van der Waals surface area contributed by atoms with E-state index in [9.17, 15) is 14.4 Å². The maximum absolute atomic E-state index is 15.1. The third kappa shape index (κ3) is 14.6. The first-order valence-electron chi connectivity index (χ1n) is 25.3. The summed E-state index contributed by atoms with van der Waals surface area (Å²) in [6.45, 7) is 1.05. The van der Waals surface area contributed by atoms with Crippen molar-refractivity contribution in [1.29, 1.82) is 0 Å². The lowest BCUT2D eigenvalue weighted by Crippen LogP contribution is -2.57. The Bertz CT molecular complexity index is 2470. The van der Waals surface area contributed by atoms with E-state index in [2.05, 4.69) is 44.0 Å². The molecule has 0 heterocycles. The number of amides is 10. The van der Waals surface area contributed by atoms with Crippen molar-refractivity contribution in [3.8, 4) is 0 Å². The summed E-state index contributed by atoms with van der Waals surface area (Å²) < 4.78 is 0. The standard InChI is InChI=1S/C57H69N9O5/c1-64(54(69)60-47-23-11-4-12-24-47)31-18-17-29-50(40-58-52(67)63-53(68)59-46-21-9-3-10-22-46)66(56(71)62-49-27-15-6-16-28-49)41-51(36-42-19-7-2-8-20-42)65(55(70)61-48-25-13-5-14-26-48)32-30-57-37-43-33-44(38-57)35-45(34-43)39-57/h2-16,19-28,43-45,50-51H,17-18,29-41H2,1H3,(H,60,69)(H,61,70)(H,62,71)(H3,58,59,63,67,68)/t43?,44?,45?,50-,51?,57?/m1/s1. The van der Waals surface area contributed by atoms with Crippen molar-refractivity contribution in [2.45, 2.75) is 82.7 Å². The molecule has 10 amide bonds. The molecule has 5 aromatic carbocycles. The zero-order valence-electron chi connectivity index (χ0n) is 40.8. The lowest BCUT2D eigenvalue weighted by molar-refractivity contribution is -0.0606. The fraction of sp³-hybridized carbons (Fsp3) is 0.386. The van der Waals surface area contributed by atoms with E-state index < -0.39 is 30.2 Å². The average molecular weight is 960 g/mol. The Hall–Kier alpha value is -7.35. The number of nitrogens with one attached hydrogen (secondary N) is 6. The third-order valence-electron chi connectivity index (χ3n) is 14.6. The van der Waals surface area contributed by atoms with Gasteiger partial charge in [0.2, 0.25) is 0 Å². The number of rotatable bonds is 20. The Kier molecular flexibility index (Phi) is 17.2. The van der Waals surface area contributed by atoms with E-state index in [0.29, 0.717) is 61.5 Å². The average Bonchev–Trinajstić information content (AvgIpc) is 3.36. The molecular formula is C57H69N9O5. The van der Waals surface area contributed by atoms with Gasteiger partial charge in [0, 0.05) is 56.0 Å². The molecule has 0 aliphatic heterocycles. The van der Waals surface area contributed by atoms with E-state index in [-0.39, 0.29) is 30.6 Å². The summed E-state index contributed by atoms with van der Waals surface area (Å²) in [6, 6.07) is 43.5. The van der Waals surface area contributed by atoms with Crippen LogP contribution in [0.25, 0.3) is 0 Å². The zero-order valence-corrected chi connectivity index (χ0v) is 40.8. The fourth-order valence-corrected chi connectivity index (χ4v) is 11.6. The monoisotopic (exact) mass is 960 g/mol. The summed E-state index contributed by atoms with van der Waals surface area (Å²) >= 11 is 0. The van der Waals surface area contributed by atoms with Crippen LogP contribution in [0, 0.1) is 23.2 Å². The topological polar surface area (TPSA) is 167 Å². The maximum atomic E-state index is 15.1. The minimum atomic E-state index is -0.732. The van der Waals surface area contributed by atoms with Crippen LogP contribution in [0.5, 0.6) is 0 Å². The maximum Gasteiger partial charge on any atom is 0.327 e. The highest BCUT2D eigenvalue weighted by Gasteiger charge is 2.51. The van der Waals surface area contributed by atoms with Crippen LogP contribution in [0.4, 0.5) is 46.7 Å². The van der Waals surface area contributed by atoms with E-state index in [1.165, 1.54) is 38.5 Å². The molecule has 4 fully saturated rings. The second kappa shape index (κ2) is 24.5. The molecule has 0 saturated heterocycles. The second-order valence-corrected chi connectivity index (χ2v) is 20.0. The first-order chi connectivity index (χ1) is 34.6. The fourth-order valence-electron chi connectivity index (χ4n) is 11.6. The Morgan fingerprint density at radius 1 is 0.521 bits per heavy atom. The van der Waals surface area contributed by atoms with E-state index in [4.69, 9.17) is 0 Å². The van der Waals surface area contributed by atoms with Crippen LogP contribution in [0.2, 0.25) is 0 Å². The van der Waals surface area contributed by atoms with Gasteiger partial charge in [-0.2, -0.15) is 0 Å². The van der Waals surface area contributed by atoms with Gasteiger partial charge in [-0.3, -0.25) is 5.32 Å². The second-order valence-electron chi connectivity index (χ2n) is 20.0. The molecule has 71 heavy (non-hydrogen) atoms. The van der Waals surface area contributed by atoms with Gasteiger partial charge < -0.3 is 41.3 Å². The Labute approximate surface area is 418 Å². The van der Waals surface area contributed by atoms with E-state index >= 15 is 9.59 Å². The van der Waals surface area contributed by atoms with Crippen LogP contribution in [0.1, 0.15) is 69.8 Å². The summed E-state index contributed by atoms with van der Waals surface area (Å²) in [5.41, 5.74) is 3.69. The van der Waals surface area contributed by atoms with Crippen molar-refractivity contribution in [3.05, 3.63) is 157 Å². The molecule has 6 N–H and O–H groups in total. The van der Waals surface area contributed by atoms with Crippen molar-refractivity contribution < 1.29 is 24.0 Å². The molecule has 0 spiro atoms. The number of benzene rings is 5. The predicted octanol–water partition coefficient (Wildman–Crippen LogP) is 11.5. The van der Waals surface area contributed by atoms with Crippen molar-refractivity contribution in [1.82, 2.24) is 25.3 Å². The van der Waals surface area contributed by atoms with E-state index in [1.54, 1.807) is 41.1 Å². The van der Waals surface area contributed by atoms with Gasteiger partial charge in [0.05, 0.1) is 12.1 Å². The molecule has 14 heteroatoms. The number of carbonyl (C=O) groups is 5. The molecule has 2 atom stereocenters. The van der Waals surface area contributed by atoms with Gasteiger partial charge in [0.1, 0.15) is 0 Å². The van der Waals surface area contributed by atoms with Gasteiger partial charge >= 0.3 is 30.2 Å². The Morgan fingerprint density at radius 2 is 0.972 bits per heavy atom. The lowest BCUT2D eigenvalue weighted by Gasteiger charge is -2.57. The number of urea groups is 5. The summed E-state index contributed by atoms with van der Waals surface area (Å²) in [5.74, 6) is 2.24. The number of carbonyl (C=O) groups excluding carboxylic acids is 5. The molecule has 14 nitrogen and oxygen atoms in total. The number of para-hydroxylation sites is 4. The summed E-state index contributed by atoms with van der Waals surface area (Å²) in [4.78, 5) is 75.1. The number of hydrogen-bond donors (Lipinski definition) is 6. The summed E-state index contributed by atoms with van der Waals surface area (Å²) in [5, 5.41) is 17.2. The number of hydrogen-bond acceptors (Lipinski definition) is 5. The molecular weight excluding hydrogens is 891 g/mol. The number of nitrogens with zero attached hydrogens (tertiary/aromatic N) is 3. The van der Waals surface area contributed by atoms with E-state index in [1.807, 2.05) is 120 Å². The number of imide groups is 1. The van der Waals surface area contributed by atoms with Crippen molar-refractivity contribution >= 4 is 52.9 Å². The Balaban J connectivity index is 1.09. The van der Waals surface area contributed by atoms with Crippen molar-refractivity contribution in [2.24, 2.45) is 23.2 Å². The molecule has 4 bridgehead atoms. The first kappa shape index (κ1) is 50.1. The van der Waals surface area contributed by atoms with Crippen molar-refractivity contribution in [2.75, 3.05) is 54.5 Å². The SMILES string of the molecule is CN(CCCC[C@H](CNC(=O)NC(=O)Nc1ccccc1)N(CC(Cc1ccccc1)N(CCC12CC3CC(CC(C3)C1)C2)C(=O)Nc1ccccc1)C(=O)Nc1ccccc1)C(=O)Nc1ccccc1. The smallest absolute Gasteiger partial charge is 0.327 e. The molecule has 0 radical (unpaired) electrons. The van der Waals surface area contributed by atoms with Crippen LogP contribution >= 0.6 is 0 Å². The molecule has 5 aromatic rings. The van der Waals surface area contributed by atoms with Gasteiger partial charge in [-0.1, -0.05) is 103 Å². The Morgan fingerprint density at radius 3 is 1.48 bits per heavy atom. The molecule has 0 aromatic heterocycles. The molecule has 1 unspecified atom stereocenters.